The summed E-state index contributed by atoms with van der Waals surface area (Å²) >= 11 is 0. The third-order valence-corrected chi connectivity index (χ3v) is 4.45. The number of aromatic nitrogens is 4. The number of hydrogen-bond acceptors (Lipinski definition) is 4. The monoisotopic (exact) mass is 276 g/mol. The zero-order valence-electron chi connectivity index (χ0n) is 12.6. The van der Waals surface area contributed by atoms with Crippen LogP contribution in [-0.2, 0) is 20.0 Å². The van der Waals surface area contributed by atoms with Crippen LogP contribution >= 0.6 is 0 Å². The maximum absolute atomic E-state index is 6.15. The summed E-state index contributed by atoms with van der Waals surface area (Å²) in [6.45, 7) is 7.55. The van der Waals surface area contributed by atoms with Crippen LogP contribution < -0.4 is 5.73 Å². The molecule has 2 aromatic rings. The minimum atomic E-state index is 0.569. The second kappa shape index (κ2) is 5.09. The number of aryl methyl sites for hydroxylation is 2. The van der Waals surface area contributed by atoms with E-state index >= 15 is 0 Å². The fraction of sp³-hybridized carbons (Fsp3) is 0.714. The molecule has 0 saturated carbocycles. The average Bonchev–Trinajstić information content (AvgIpc) is 3.08. The van der Waals surface area contributed by atoms with Crippen LogP contribution in [0.25, 0.3) is 11.2 Å². The molecule has 6 nitrogen and oxygen atoms in total. The highest BCUT2D eigenvalue weighted by molar-refractivity contribution is 5.77. The summed E-state index contributed by atoms with van der Waals surface area (Å²) in [4.78, 5) is 7.07. The maximum Gasteiger partial charge on any atom is 0.202 e. The molecule has 1 atom stereocenters. The number of nitrogens with two attached hydrogens (primary N) is 1. The quantitative estimate of drug-likeness (QED) is 0.916. The molecule has 1 unspecified atom stereocenters. The smallest absolute Gasteiger partial charge is 0.202 e. The Bertz CT molecular complexity index is 611. The maximum atomic E-state index is 6.15. The summed E-state index contributed by atoms with van der Waals surface area (Å²) < 4.78 is 4.06. The van der Waals surface area contributed by atoms with Gasteiger partial charge in [0.15, 0.2) is 5.65 Å². The van der Waals surface area contributed by atoms with Crippen molar-refractivity contribution in [3.05, 3.63) is 5.69 Å². The number of hydrogen-bond donors (Lipinski definition) is 1. The number of likely N-dealkylation sites (N-methyl/N-ethyl adjacent to an activating group) is 1. The van der Waals surface area contributed by atoms with E-state index in [1.807, 2.05) is 11.7 Å². The molecule has 3 rings (SSSR count). The molecule has 110 valence electrons. The Hall–Kier alpha value is -1.56. The summed E-state index contributed by atoms with van der Waals surface area (Å²) in [5.41, 5.74) is 9.21. The number of likely N-dealkylation sites (tertiary alicyclic amines) is 1. The van der Waals surface area contributed by atoms with Crippen molar-refractivity contribution in [1.82, 2.24) is 24.2 Å². The van der Waals surface area contributed by atoms with Gasteiger partial charge in [0, 0.05) is 19.6 Å². The lowest BCUT2D eigenvalue weighted by Gasteiger charge is -2.23. The lowest BCUT2D eigenvalue weighted by atomic mass is 10.2. The van der Waals surface area contributed by atoms with Crippen LogP contribution in [0.2, 0.25) is 0 Å². The van der Waals surface area contributed by atoms with Crippen molar-refractivity contribution in [2.45, 2.75) is 45.7 Å². The highest BCUT2D eigenvalue weighted by Gasteiger charge is 2.26. The van der Waals surface area contributed by atoms with Crippen LogP contribution in [0.3, 0.4) is 0 Å². The third kappa shape index (κ3) is 1.98. The van der Waals surface area contributed by atoms with Crippen LogP contribution in [0.5, 0.6) is 0 Å². The second-order valence-electron chi connectivity index (χ2n) is 5.60. The predicted molar refractivity (Wildman–Crippen MR) is 80.6 cm³/mol. The SMILES string of the molecule is CCc1nn(C)c2c1nc(N)n2CC1CCCN1CC. The number of rotatable bonds is 4. The Morgan fingerprint density at radius 1 is 1.35 bits per heavy atom. The Morgan fingerprint density at radius 2 is 2.15 bits per heavy atom. The lowest BCUT2D eigenvalue weighted by Crippen LogP contribution is -2.33. The molecule has 1 aliphatic rings. The van der Waals surface area contributed by atoms with Gasteiger partial charge in [-0.25, -0.2) is 4.98 Å². The molecule has 2 N–H and O–H groups in total. The second-order valence-corrected chi connectivity index (χ2v) is 5.60. The van der Waals surface area contributed by atoms with Gasteiger partial charge in [0.05, 0.1) is 5.69 Å². The fourth-order valence-corrected chi connectivity index (χ4v) is 3.41. The molecule has 6 heteroatoms. The zero-order valence-corrected chi connectivity index (χ0v) is 12.6. The Kier molecular flexibility index (Phi) is 3.41. The van der Waals surface area contributed by atoms with Gasteiger partial charge >= 0.3 is 0 Å². The van der Waals surface area contributed by atoms with E-state index in [1.54, 1.807) is 0 Å². The minimum absolute atomic E-state index is 0.569. The van der Waals surface area contributed by atoms with E-state index in [2.05, 4.69) is 33.4 Å². The first-order chi connectivity index (χ1) is 9.65. The van der Waals surface area contributed by atoms with Gasteiger partial charge in [-0.2, -0.15) is 5.10 Å². The number of nitrogen functional groups attached to an aromatic ring is 1. The summed E-state index contributed by atoms with van der Waals surface area (Å²) in [6.07, 6.45) is 3.41. The molecule has 0 bridgehead atoms. The van der Waals surface area contributed by atoms with Crippen LogP contribution in [0.1, 0.15) is 32.4 Å². The molecule has 1 saturated heterocycles. The first kappa shape index (κ1) is 13.4. The molecule has 2 aromatic heterocycles. The van der Waals surface area contributed by atoms with E-state index in [0.717, 1.165) is 36.4 Å². The van der Waals surface area contributed by atoms with Crippen LogP contribution in [0.4, 0.5) is 5.95 Å². The van der Waals surface area contributed by atoms with E-state index in [9.17, 15) is 0 Å². The highest BCUT2D eigenvalue weighted by atomic mass is 15.4. The van der Waals surface area contributed by atoms with Gasteiger partial charge in [-0.15, -0.1) is 0 Å². The van der Waals surface area contributed by atoms with Crippen molar-refractivity contribution < 1.29 is 0 Å². The number of nitrogens with zero attached hydrogens (tertiary/aromatic N) is 5. The minimum Gasteiger partial charge on any atom is -0.369 e. The van der Waals surface area contributed by atoms with Gasteiger partial charge in [-0.05, 0) is 32.4 Å². The largest absolute Gasteiger partial charge is 0.369 e. The van der Waals surface area contributed by atoms with Gasteiger partial charge in [0.2, 0.25) is 5.95 Å². The summed E-state index contributed by atoms with van der Waals surface area (Å²) in [6, 6.07) is 0.569. The molecular formula is C14H24N6. The van der Waals surface area contributed by atoms with E-state index < -0.39 is 0 Å². The van der Waals surface area contributed by atoms with Gasteiger partial charge < -0.3 is 5.73 Å². The van der Waals surface area contributed by atoms with Crippen molar-refractivity contribution in [2.24, 2.45) is 7.05 Å². The molecule has 3 heterocycles. The average molecular weight is 276 g/mol. The van der Waals surface area contributed by atoms with Crippen molar-refractivity contribution in [2.75, 3.05) is 18.8 Å². The van der Waals surface area contributed by atoms with Crippen LogP contribution in [0, 0.1) is 0 Å². The summed E-state index contributed by atoms with van der Waals surface area (Å²) in [7, 11) is 1.98. The molecule has 0 radical (unpaired) electrons. The normalized spacial score (nSPS) is 20.2. The summed E-state index contributed by atoms with van der Waals surface area (Å²) in [5.74, 6) is 0.616. The topological polar surface area (TPSA) is 64.9 Å². The molecule has 0 aliphatic carbocycles. The number of imidazole rings is 1. The number of anilines is 1. The fourth-order valence-electron chi connectivity index (χ4n) is 3.41. The molecule has 20 heavy (non-hydrogen) atoms. The molecular weight excluding hydrogens is 252 g/mol. The molecule has 0 aromatic carbocycles. The Balaban J connectivity index is 1.98. The van der Waals surface area contributed by atoms with E-state index in [1.165, 1.54) is 19.4 Å². The first-order valence-electron chi connectivity index (χ1n) is 7.57. The highest BCUT2D eigenvalue weighted by Crippen LogP contribution is 2.25. The van der Waals surface area contributed by atoms with Crippen molar-refractivity contribution in [3.8, 4) is 0 Å². The van der Waals surface area contributed by atoms with Gasteiger partial charge in [0.1, 0.15) is 5.52 Å². The Labute approximate surface area is 119 Å². The molecule has 1 fully saturated rings. The van der Waals surface area contributed by atoms with Crippen molar-refractivity contribution >= 4 is 17.1 Å². The third-order valence-electron chi connectivity index (χ3n) is 4.45. The van der Waals surface area contributed by atoms with Crippen molar-refractivity contribution in [1.29, 1.82) is 0 Å². The Morgan fingerprint density at radius 3 is 2.85 bits per heavy atom. The van der Waals surface area contributed by atoms with Gasteiger partial charge in [-0.3, -0.25) is 14.1 Å². The van der Waals surface area contributed by atoms with Crippen LogP contribution in [0.15, 0.2) is 0 Å². The van der Waals surface area contributed by atoms with E-state index in [0.29, 0.717) is 12.0 Å². The number of fused-ring (bicyclic) bond motifs is 1. The predicted octanol–water partition coefficient (Wildman–Crippen LogP) is 1.40. The van der Waals surface area contributed by atoms with Crippen molar-refractivity contribution in [3.63, 3.8) is 0 Å². The van der Waals surface area contributed by atoms with E-state index in [4.69, 9.17) is 5.73 Å². The lowest BCUT2D eigenvalue weighted by molar-refractivity contribution is 0.246. The summed E-state index contributed by atoms with van der Waals surface area (Å²) in [5, 5.41) is 4.55. The molecule has 0 spiro atoms. The van der Waals surface area contributed by atoms with E-state index in [-0.39, 0.29) is 0 Å². The zero-order chi connectivity index (χ0) is 14.3. The van der Waals surface area contributed by atoms with Gasteiger partial charge in [0.25, 0.3) is 0 Å². The molecule has 0 amide bonds. The molecule has 1 aliphatic heterocycles. The van der Waals surface area contributed by atoms with Gasteiger partial charge in [-0.1, -0.05) is 13.8 Å². The van der Waals surface area contributed by atoms with Crippen LogP contribution in [-0.4, -0.2) is 43.4 Å². The first-order valence-corrected chi connectivity index (χ1v) is 7.57. The standard InChI is InChI=1S/C14H24N6/c1-4-11-12-13(18(3)17-11)20(14(15)16-12)9-10-7-6-8-19(10)5-2/h10H,4-9H2,1-3H3,(H2,15,16).